The molecule has 1 aromatic carbocycles. The van der Waals surface area contributed by atoms with Crippen molar-refractivity contribution in [2.45, 2.75) is 19.9 Å². The third kappa shape index (κ3) is 1.55. The Bertz CT molecular complexity index is 1150. The molecule has 0 aliphatic rings. The van der Waals surface area contributed by atoms with Gasteiger partial charge in [-0.3, -0.25) is 9.36 Å². The van der Waals surface area contributed by atoms with Gasteiger partial charge >= 0.3 is 0 Å². The highest BCUT2D eigenvalue weighted by Crippen LogP contribution is 2.29. The van der Waals surface area contributed by atoms with Crippen LogP contribution in [-0.2, 0) is 6.54 Å². The molecular weight excluding hydrogens is 307 g/mol. The van der Waals surface area contributed by atoms with E-state index < -0.39 is 5.82 Å². The third-order valence-corrected chi connectivity index (χ3v) is 3.92. The molecule has 0 aliphatic heterocycles. The molecule has 0 spiro atoms. The van der Waals surface area contributed by atoms with Crippen molar-refractivity contribution in [2.24, 2.45) is 0 Å². The number of H-pyrrole nitrogens is 1. The first-order valence-electron chi connectivity index (χ1n) is 6.84. The maximum absolute atomic E-state index is 14.2. The summed E-state index contributed by atoms with van der Waals surface area (Å²) in [5.74, 6) is -0.108. The van der Waals surface area contributed by atoms with E-state index in [4.69, 9.17) is 16.6 Å². The van der Waals surface area contributed by atoms with E-state index in [1.165, 1.54) is 16.7 Å². The molecule has 0 amide bonds. The third-order valence-electron chi connectivity index (χ3n) is 3.65. The maximum Gasteiger partial charge on any atom is 0.298 e. The standard InChI is InChI=1S/C14H11FN4O2S/c1-2-6-18-12(20)11-10(19-13(18)16-17-14(19)22)9-7(15)4-3-5-8(9)21-11/h3-5H,2,6H2,1H3,(H,17,22). The highest BCUT2D eigenvalue weighted by Gasteiger charge is 2.21. The van der Waals surface area contributed by atoms with Crippen molar-refractivity contribution in [1.82, 2.24) is 19.2 Å². The Morgan fingerprint density at radius 1 is 1.45 bits per heavy atom. The van der Waals surface area contributed by atoms with Gasteiger partial charge in [0, 0.05) is 6.54 Å². The number of rotatable bonds is 2. The van der Waals surface area contributed by atoms with E-state index in [0.717, 1.165) is 6.42 Å². The Morgan fingerprint density at radius 2 is 2.27 bits per heavy atom. The Hall–Kier alpha value is -2.48. The molecule has 0 saturated heterocycles. The van der Waals surface area contributed by atoms with Crippen LogP contribution in [0.5, 0.6) is 0 Å². The number of nitrogens with one attached hydrogen (secondary N) is 1. The first kappa shape index (κ1) is 13.2. The molecule has 112 valence electrons. The van der Waals surface area contributed by atoms with Crippen LogP contribution in [0.3, 0.4) is 0 Å². The minimum atomic E-state index is -0.465. The second-order valence-corrected chi connectivity index (χ2v) is 5.40. The van der Waals surface area contributed by atoms with Crippen LogP contribution < -0.4 is 5.56 Å². The highest BCUT2D eigenvalue weighted by atomic mass is 32.1. The summed E-state index contributed by atoms with van der Waals surface area (Å²) in [7, 11) is 0. The largest absolute Gasteiger partial charge is 0.448 e. The summed E-state index contributed by atoms with van der Waals surface area (Å²) in [6, 6.07) is 4.48. The van der Waals surface area contributed by atoms with E-state index >= 15 is 0 Å². The molecule has 1 N–H and O–H groups in total. The molecule has 0 saturated carbocycles. The van der Waals surface area contributed by atoms with Crippen LogP contribution in [0.15, 0.2) is 27.4 Å². The van der Waals surface area contributed by atoms with E-state index in [1.54, 1.807) is 10.5 Å². The van der Waals surface area contributed by atoms with Crippen LogP contribution in [0.1, 0.15) is 13.3 Å². The van der Waals surface area contributed by atoms with Gasteiger partial charge in [-0.15, -0.1) is 5.10 Å². The van der Waals surface area contributed by atoms with Gasteiger partial charge in [0.15, 0.2) is 0 Å². The lowest BCUT2D eigenvalue weighted by Gasteiger charge is -2.05. The topological polar surface area (TPSA) is 68.2 Å². The zero-order valence-corrected chi connectivity index (χ0v) is 12.4. The molecule has 6 nitrogen and oxygen atoms in total. The molecule has 22 heavy (non-hydrogen) atoms. The van der Waals surface area contributed by atoms with Gasteiger partial charge in [-0.25, -0.2) is 13.9 Å². The first-order chi connectivity index (χ1) is 10.6. The summed E-state index contributed by atoms with van der Waals surface area (Å²) in [4.78, 5) is 12.7. The van der Waals surface area contributed by atoms with E-state index in [1.807, 2.05) is 6.92 Å². The SMILES string of the molecule is CCCn1c(=O)c2oc3cccc(F)c3c2n2c(=S)[nH]nc12. The minimum Gasteiger partial charge on any atom is -0.448 e. The van der Waals surface area contributed by atoms with Gasteiger partial charge < -0.3 is 4.42 Å². The molecule has 0 radical (unpaired) electrons. The fourth-order valence-corrected chi connectivity index (χ4v) is 2.98. The maximum atomic E-state index is 14.2. The monoisotopic (exact) mass is 318 g/mol. The van der Waals surface area contributed by atoms with Gasteiger partial charge in [0.25, 0.3) is 5.56 Å². The van der Waals surface area contributed by atoms with Gasteiger partial charge in [0.2, 0.25) is 16.1 Å². The summed E-state index contributed by atoms with van der Waals surface area (Å²) >= 11 is 5.24. The average molecular weight is 318 g/mol. The van der Waals surface area contributed by atoms with Crippen LogP contribution in [0, 0.1) is 10.6 Å². The molecule has 0 bridgehead atoms. The summed E-state index contributed by atoms with van der Waals surface area (Å²) < 4.78 is 23.2. The van der Waals surface area contributed by atoms with Crippen molar-refractivity contribution < 1.29 is 8.81 Å². The van der Waals surface area contributed by atoms with Crippen LogP contribution in [0.2, 0.25) is 0 Å². The van der Waals surface area contributed by atoms with Crippen molar-refractivity contribution in [3.8, 4) is 0 Å². The van der Waals surface area contributed by atoms with Crippen LogP contribution in [-0.4, -0.2) is 19.2 Å². The second-order valence-electron chi connectivity index (χ2n) is 5.01. The molecule has 0 atom stereocenters. The molecule has 4 rings (SSSR count). The van der Waals surface area contributed by atoms with E-state index in [-0.39, 0.29) is 21.3 Å². The van der Waals surface area contributed by atoms with Gasteiger partial charge in [-0.05, 0) is 30.8 Å². The van der Waals surface area contributed by atoms with Gasteiger partial charge in [-0.1, -0.05) is 13.0 Å². The first-order valence-corrected chi connectivity index (χ1v) is 7.25. The summed E-state index contributed by atoms with van der Waals surface area (Å²) in [6.07, 6.45) is 0.745. The van der Waals surface area contributed by atoms with Crippen molar-refractivity contribution >= 4 is 40.1 Å². The molecule has 8 heteroatoms. The lowest BCUT2D eigenvalue weighted by Crippen LogP contribution is -2.22. The van der Waals surface area contributed by atoms with Crippen molar-refractivity contribution in [3.05, 3.63) is 39.1 Å². The van der Waals surface area contributed by atoms with Crippen LogP contribution in [0.4, 0.5) is 4.39 Å². The number of hydrogen-bond donors (Lipinski definition) is 1. The van der Waals surface area contributed by atoms with Gasteiger partial charge in [0.05, 0.1) is 5.39 Å². The van der Waals surface area contributed by atoms with E-state index in [0.29, 0.717) is 23.4 Å². The number of aryl methyl sites for hydroxylation is 1. The number of halogens is 1. The number of benzene rings is 1. The van der Waals surface area contributed by atoms with Gasteiger partial charge in [-0.2, -0.15) is 0 Å². The zero-order valence-electron chi connectivity index (χ0n) is 11.6. The van der Waals surface area contributed by atoms with Crippen LogP contribution >= 0.6 is 12.2 Å². The predicted octanol–water partition coefficient (Wildman–Crippen LogP) is 3.00. The molecule has 3 heterocycles. The molecule has 4 aromatic rings. The van der Waals surface area contributed by atoms with Crippen LogP contribution in [0.25, 0.3) is 27.8 Å². The molecule has 3 aromatic heterocycles. The van der Waals surface area contributed by atoms with Crippen molar-refractivity contribution in [2.75, 3.05) is 0 Å². The van der Waals surface area contributed by atoms with E-state index in [2.05, 4.69) is 10.2 Å². The van der Waals surface area contributed by atoms with Crippen molar-refractivity contribution in [3.63, 3.8) is 0 Å². The number of aromatic amines is 1. The predicted molar refractivity (Wildman–Crippen MR) is 82.2 cm³/mol. The summed E-state index contributed by atoms with van der Waals surface area (Å²) in [5.41, 5.74) is 0.373. The number of nitrogens with zero attached hydrogens (tertiary/aromatic N) is 3. The molecular formula is C14H11FN4O2S. The smallest absolute Gasteiger partial charge is 0.298 e. The normalized spacial score (nSPS) is 11.9. The van der Waals surface area contributed by atoms with E-state index in [9.17, 15) is 9.18 Å². The Balaban J connectivity index is 2.40. The number of hydrogen-bond acceptors (Lipinski definition) is 4. The lowest BCUT2D eigenvalue weighted by atomic mass is 10.2. The van der Waals surface area contributed by atoms with Gasteiger partial charge in [0.1, 0.15) is 16.9 Å². The molecule has 0 unspecified atom stereocenters. The number of furan rings is 1. The average Bonchev–Trinajstić information content (AvgIpc) is 3.05. The minimum absolute atomic E-state index is 0.0820. The molecule has 0 fully saturated rings. The quantitative estimate of drug-likeness (QED) is 0.577. The second kappa shape index (κ2) is 4.51. The number of fused-ring (bicyclic) bond motifs is 5. The summed E-state index contributed by atoms with van der Waals surface area (Å²) in [5, 5.41) is 7.01. The zero-order chi connectivity index (χ0) is 15.4. The fraction of sp³-hybridized carbons (Fsp3) is 0.214. The Morgan fingerprint density at radius 3 is 3.05 bits per heavy atom. The highest BCUT2D eigenvalue weighted by molar-refractivity contribution is 7.71. The van der Waals surface area contributed by atoms with Crippen molar-refractivity contribution in [1.29, 1.82) is 0 Å². The molecule has 0 aliphatic carbocycles. The fourth-order valence-electron chi connectivity index (χ4n) is 2.76. The Labute approximate surface area is 127 Å². The Kier molecular flexibility index (Phi) is 2.70. The summed E-state index contributed by atoms with van der Waals surface area (Å²) in [6.45, 7) is 2.42. The number of aromatic nitrogens is 4. The lowest BCUT2D eigenvalue weighted by molar-refractivity contribution is 0.619.